The molecule has 2 heterocycles. The molecule has 4 heteroatoms. The Morgan fingerprint density at radius 3 is 2.58 bits per heavy atom. The first-order chi connectivity index (χ1) is 11.7. The number of hydrogen-bond donors (Lipinski definition) is 0. The molecule has 2 aromatic heterocycles. The van der Waals surface area contributed by atoms with Crippen LogP contribution in [0.25, 0.3) is 11.0 Å². The summed E-state index contributed by atoms with van der Waals surface area (Å²) in [6, 6.07) is 7.12. The monoisotopic (exact) mass is 330 g/mol. The highest BCUT2D eigenvalue weighted by Gasteiger charge is 2.09. The molecule has 132 valence electrons. The van der Waals surface area contributed by atoms with Crippen LogP contribution in [0.5, 0.6) is 5.88 Å². The number of fused-ring (bicyclic) bond motifs is 1. The molecule has 0 aliphatic rings. The molecule has 0 amide bonds. The molecule has 2 aromatic rings. The van der Waals surface area contributed by atoms with Crippen molar-refractivity contribution in [3.05, 3.63) is 34.6 Å². The Kier molecular flexibility index (Phi) is 7.29. The summed E-state index contributed by atoms with van der Waals surface area (Å²) in [6.45, 7) is 5.22. The predicted octanol–water partition coefficient (Wildman–Crippen LogP) is 4.79. The van der Waals surface area contributed by atoms with Gasteiger partial charge in [0.2, 0.25) is 5.88 Å². The highest BCUT2D eigenvalue weighted by Crippen LogP contribution is 2.18. The number of aromatic nitrogens is 2. The first kappa shape index (κ1) is 18.5. The zero-order valence-corrected chi connectivity index (χ0v) is 15.3. The third-order valence-electron chi connectivity index (χ3n) is 4.57. The van der Waals surface area contributed by atoms with Crippen molar-refractivity contribution >= 4 is 11.0 Å². The number of unbranched alkanes of at least 4 members (excludes halogenated alkanes) is 5. The van der Waals surface area contributed by atoms with Crippen molar-refractivity contribution < 1.29 is 4.74 Å². The molecule has 0 aliphatic heterocycles. The minimum absolute atomic E-state index is 0.0456. The Bertz CT molecular complexity index is 694. The molecule has 0 spiro atoms. The number of pyridine rings is 2. The van der Waals surface area contributed by atoms with Gasteiger partial charge in [0, 0.05) is 18.7 Å². The first-order valence-electron chi connectivity index (χ1n) is 9.20. The summed E-state index contributed by atoms with van der Waals surface area (Å²) in [4.78, 5) is 16.7. The highest BCUT2D eigenvalue weighted by atomic mass is 16.5. The molecule has 24 heavy (non-hydrogen) atoms. The van der Waals surface area contributed by atoms with E-state index in [2.05, 4.69) is 18.8 Å². The van der Waals surface area contributed by atoms with Gasteiger partial charge in [0.25, 0.3) is 5.56 Å². The third-order valence-corrected chi connectivity index (χ3v) is 4.57. The van der Waals surface area contributed by atoms with Crippen LogP contribution in [0.4, 0.5) is 0 Å². The average Bonchev–Trinajstić information content (AvgIpc) is 2.60. The summed E-state index contributed by atoms with van der Waals surface area (Å²) < 4.78 is 7.02. The Balaban J connectivity index is 1.98. The molecule has 1 unspecified atom stereocenters. The van der Waals surface area contributed by atoms with Crippen molar-refractivity contribution in [1.29, 1.82) is 0 Å². The van der Waals surface area contributed by atoms with Gasteiger partial charge in [0.1, 0.15) is 0 Å². The first-order valence-corrected chi connectivity index (χ1v) is 9.20. The molecule has 0 aromatic carbocycles. The lowest BCUT2D eigenvalue weighted by Crippen LogP contribution is -2.23. The molecule has 1 atom stereocenters. The largest absolute Gasteiger partial charge is 0.481 e. The van der Waals surface area contributed by atoms with Gasteiger partial charge in [-0.3, -0.25) is 4.79 Å². The molecular weight excluding hydrogens is 300 g/mol. The van der Waals surface area contributed by atoms with Crippen LogP contribution < -0.4 is 10.3 Å². The summed E-state index contributed by atoms with van der Waals surface area (Å²) in [5.41, 5.74) is 1.74. The van der Waals surface area contributed by atoms with Gasteiger partial charge in [-0.2, -0.15) is 0 Å². The van der Waals surface area contributed by atoms with Crippen LogP contribution in [-0.4, -0.2) is 16.7 Å². The van der Waals surface area contributed by atoms with E-state index in [0.717, 1.165) is 17.6 Å². The number of hydrogen-bond acceptors (Lipinski definition) is 3. The van der Waals surface area contributed by atoms with E-state index in [-0.39, 0.29) is 5.56 Å². The van der Waals surface area contributed by atoms with Gasteiger partial charge in [-0.1, -0.05) is 52.4 Å². The second-order valence-corrected chi connectivity index (χ2v) is 6.70. The van der Waals surface area contributed by atoms with E-state index >= 15 is 0 Å². The molecule has 0 bridgehead atoms. The van der Waals surface area contributed by atoms with Gasteiger partial charge in [-0.05, 0) is 24.5 Å². The summed E-state index contributed by atoms with van der Waals surface area (Å²) in [7, 11) is 1.60. The van der Waals surface area contributed by atoms with Crippen molar-refractivity contribution in [2.45, 2.75) is 65.3 Å². The SMILES string of the molecule is CCCCCCCCC(C)Cn1c(=O)ccc2nc(OC)ccc21. The van der Waals surface area contributed by atoms with Crippen molar-refractivity contribution in [2.75, 3.05) is 7.11 Å². The fraction of sp³-hybridized carbons (Fsp3) is 0.600. The Hall–Kier alpha value is -1.84. The second kappa shape index (κ2) is 9.45. The van der Waals surface area contributed by atoms with Crippen LogP contribution in [0.1, 0.15) is 58.8 Å². The molecule has 0 aliphatic carbocycles. The molecule has 0 saturated heterocycles. The van der Waals surface area contributed by atoms with E-state index in [1.54, 1.807) is 19.2 Å². The van der Waals surface area contributed by atoms with Crippen molar-refractivity contribution in [3.63, 3.8) is 0 Å². The van der Waals surface area contributed by atoms with Crippen molar-refractivity contribution in [2.24, 2.45) is 5.92 Å². The predicted molar refractivity (Wildman–Crippen MR) is 99.7 cm³/mol. The van der Waals surface area contributed by atoms with Crippen LogP contribution in [0.15, 0.2) is 29.1 Å². The average molecular weight is 330 g/mol. The van der Waals surface area contributed by atoms with Gasteiger partial charge in [0.05, 0.1) is 18.1 Å². The molecule has 0 N–H and O–H groups in total. The van der Waals surface area contributed by atoms with Crippen molar-refractivity contribution in [1.82, 2.24) is 9.55 Å². The van der Waals surface area contributed by atoms with Gasteiger partial charge in [-0.25, -0.2) is 4.98 Å². The van der Waals surface area contributed by atoms with E-state index in [0.29, 0.717) is 11.8 Å². The zero-order chi connectivity index (χ0) is 17.4. The smallest absolute Gasteiger partial charge is 0.251 e. The minimum Gasteiger partial charge on any atom is -0.481 e. The van der Waals surface area contributed by atoms with Crippen LogP contribution in [0, 0.1) is 5.92 Å². The lowest BCUT2D eigenvalue weighted by atomic mass is 10.0. The minimum atomic E-state index is 0.0456. The maximum atomic E-state index is 12.3. The van der Waals surface area contributed by atoms with Gasteiger partial charge >= 0.3 is 0 Å². The van der Waals surface area contributed by atoms with Crippen LogP contribution in [0.2, 0.25) is 0 Å². The number of ether oxygens (including phenoxy) is 1. The lowest BCUT2D eigenvalue weighted by molar-refractivity contribution is 0.399. The fourth-order valence-corrected chi connectivity index (χ4v) is 3.14. The van der Waals surface area contributed by atoms with E-state index in [9.17, 15) is 4.79 Å². The standard InChI is InChI=1S/C20H30N2O2/c1-4-5-6-7-8-9-10-16(2)15-22-18-12-13-19(24-3)21-17(18)11-14-20(22)23/h11-14,16H,4-10,15H2,1-3H3. The number of rotatable bonds is 10. The zero-order valence-electron chi connectivity index (χ0n) is 15.3. The Labute approximate surface area is 144 Å². The number of nitrogens with zero attached hydrogens (tertiary/aromatic N) is 2. The quantitative estimate of drug-likeness (QED) is 0.588. The van der Waals surface area contributed by atoms with Crippen molar-refractivity contribution in [3.8, 4) is 5.88 Å². The Morgan fingerprint density at radius 1 is 1.08 bits per heavy atom. The van der Waals surface area contributed by atoms with E-state index in [1.165, 1.54) is 44.9 Å². The molecular formula is C20H30N2O2. The van der Waals surface area contributed by atoms with Gasteiger partial charge in [0.15, 0.2) is 0 Å². The van der Waals surface area contributed by atoms with Crippen LogP contribution >= 0.6 is 0 Å². The molecule has 2 rings (SSSR count). The summed E-state index contributed by atoms with van der Waals surface area (Å²) >= 11 is 0. The molecule has 0 saturated carbocycles. The highest BCUT2D eigenvalue weighted by molar-refractivity contribution is 5.75. The maximum Gasteiger partial charge on any atom is 0.251 e. The lowest BCUT2D eigenvalue weighted by Gasteiger charge is -2.15. The molecule has 0 radical (unpaired) electrons. The van der Waals surface area contributed by atoms with E-state index < -0.39 is 0 Å². The molecule has 0 fully saturated rings. The van der Waals surface area contributed by atoms with Gasteiger partial charge in [-0.15, -0.1) is 0 Å². The number of methoxy groups -OCH3 is 1. The van der Waals surface area contributed by atoms with Crippen LogP contribution in [-0.2, 0) is 6.54 Å². The van der Waals surface area contributed by atoms with Crippen LogP contribution in [0.3, 0.4) is 0 Å². The summed E-state index contributed by atoms with van der Waals surface area (Å²) in [5, 5.41) is 0. The summed E-state index contributed by atoms with van der Waals surface area (Å²) in [6.07, 6.45) is 9.03. The maximum absolute atomic E-state index is 12.3. The van der Waals surface area contributed by atoms with E-state index in [1.807, 2.05) is 16.7 Å². The normalized spacial score (nSPS) is 12.5. The fourth-order valence-electron chi connectivity index (χ4n) is 3.14. The Morgan fingerprint density at radius 2 is 1.83 bits per heavy atom. The molecule has 4 nitrogen and oxygen atoms in total. The third kappa shape index (κ3) is 5.08. The van der Waals surface area contributed by atoms with E-state index in [4.69, 9.17) is 4.74 Å². The second-order valence-electron chi connectivity index (χ2n) is 6.70. The topological polar surface area (TPSA) is 44.1 Å². The van der Waals surface area contributed by atoms with Gasteiger partial charge < -0.3 is 9.30 Å². The summed E-state index contributed by atoms with van der Waals surface area (Å²) in [5.74, 6) is 1.06.